The van der Waals surface area contributed by atoms with Gasteiger partial charge in [0.25, 0.3) is 0 Å². The molecule has 0 aromatic carbocycles. The molecular weight excluding hydrogens is 408 g/mol. The molecule has 1 aliphatic heterocycles. The number of thiazole rings is 1. The molecule has 1 unspecified atom stereocenters. The first-order valence-electron chi connectivity index (χ1n) is 12.2. The number of carbonyl (C=O) groups excluding carboxylic acids is 2. The second-order valence-corrected chi connectivity index (χ2v) is 11.7. The zero-order valence-corrected chi connectivity index (χ0v) is 19.5. The monoisotopic (exact) mass is 444 g/mol. The molecule has 2 N–H and O–H groups in total. The lowest BCUT2D eigenvalue weighted by molar-refractivity contribution is -0.146. The SMILES string of the molecule is CC1CCCN(Cc2csc(NC(=O)CCNC(=O)C34CC5CC(CC(C5)C3)C4)n2)C1. The predicted molar refractivity (Wildman–Crippen MR) is 123 cm³/mol. The number of nitrogens with one attached hydrogen (secondary N) is 2. The normalized spacial score (nSPS) is 34.6. The summed E-state index contributed by atoms with van der Waals surface area (Å²) in [6, 6.07) is 0. The van der Waals surface area contributed by atoms with Crippen LogP contribution in [0.25, 0.3) is 0 Å². The summed E-state index contributed by atoms with van der Waals surface area (Å²) in [4.78, 5) is 32.4. The zero-order chi connectivity index (χ0) is 21.4. The Kier molecular flexibility index (Phi) is 6.08. The fraction of sp³-hybridized carbons (Fsp3) is 0.792. The summed E-state index contributed by atoms with van der Waals surface area (Å²) < 4.78 is 0. The maximum Gasteiger partial charge on any atom is 0.227 e. The average Bonchev–Trinajstić information content (AvgIpc) is 3.13. The van der Waals surface area contributed by atoms with Gasteiger partial charge < -0.3 is 10.6 Å². The third-order valence-electron chi connectivity index (χ3n) is 8.08. The largest absolute Gasteiger partial charge is 0.355 e. The van der Waals surface area contributed by atoms with Crippen molar-refractivity contribution in [2.75, 3.05) is 25.0 Å². The Morgan fingerprint density at radius 3 is 2.58 bits per heavy atom. The lowest BCUT2D eigenvalue weighted by Crippen LogP contribution is -2.53. The molecule has 6 rings (SSSR count). The Balaban J connectivity index is 1.06. The van der Waals surface area contributed by atoms with E-state index < -0.39 is 0 Å². The third-order valence-corrected chi connectivity index (χ3v) is 8.89. The lowest BCUT2D eigenvalue weighted by atomic mass is 9.49. The van der Waals surface area contributed by atoms with Gasteiger partial charge in [0.1, 0.15) is 0 Å². The highest BCUT2D eigenvalue weighted by molar-refractivity contribution is 7.13. The summed E-state index contributed by atoms with van der Waals surface area (Å²) in [5.41, 5.74) is 0.894. The summed E-state index contributed by atoms with van der Waals surface area (Å²) in [5, 5.41) is 8.72. The van der Waals surface area contributed by atoms with Crippen molar-refractivity contribution in [3.8, 4) is 0 Å². The number of carbonyl (C=O) groups is 2. The molecule has 1 saturated heterocycles. The number of aromatic nitrogens is 1. The van der Waals surface area contributed by atoms with E-state index in [1.54, 1.807) is 0 Å². The molecule has 4 saturated carbocycles. The highest BCUT2D eigenvalue weighted by Crippen LogP contribution is 2.60. The van der Waals surface area contributed by atoms with Gasteiger partial charge in [-0.2, -0.15) is 0 Å². The Morgan fingerprint density at radius 1 is 1.19 bits per heavy atom. The predicted octanol–water partition coefficient (Wildman–Crippen LogP) is 4.04. The van der Waals surface area contributed by atoms with Gasteiger partial charge in [0, 0.05) is 36.9 Å². The van der Waals surface area contributed by atoms with Crippen LogP contribution in [0.3, 0.4) is 0 Å². The number of piperidine rings is 1. The van der Waals surface area contributed by atoms with Crippen LogP contribution in [-0.2, 0) is 16.1 Å². The van der Waals surface area contributed by atoms with Gasteiger partial charge in [-0.1, -0.05) is 6.92 Å². The van der Waals surface area contributed by atoms with E-state index in [0.29, 0.717) is 18.1 Å². The van der Waals surface area contributed by atoms with Crippen LogP contribution in [0.5, 0.6) is 0 Å². The van der Waals surface area contributed by atoms with Crippen LogP contribution in [0.1, 0.15) is 70.4 Å². The second-order valence-electron chi connectivity index (χ2n) is 10.9. The molecule has 1 aromatic heterocycles. The zero-order valence-electron chi connectivity index (χ0n) is 18.7. The highest BCUT2D eigenvalue weighted by Gasteiger charge is 2.54. The fourth-order valence-corrected chi connectivity index (χ4v) is 7.86. The highest BCUT2D eigenvalue weighted by atomic mass is 32.1. The molecule has 4 aliphatic carbocycles. The van der Waals surface area contributed by atoms with E-state index in [1.165, 1.54) is 43.4 Å². The first-order valence-corrected chi connectivity index (χ1v) is 13.1. The van der Waals surface area contributed by atoms with Gasteiger partial charge in [-0.3, -0.25) is 14.5 Å². The molecule has 6 nitrogen and oxygen atoms in total. The fourth-order valence-electron chi connectivity index (χ4n) is 7.14. The quantitative estimate of drug-likeness (QED) is 0.666. The van der Waals surface area contributed by atoms with Gasteiger partial charge in [0.2, 0.25) is 11.8 Å². The molecule has 0 spiro atoms. The smallest absolute Gasteiger partial charge is 0.227 e. The van der Waals surface area contributed by atoms with Crippen LogP contribution >= 0.6 is 11.3 Å². The summed E-state index contributed by atoms with van der Waals surface area (Å²) in [6.07, 6.45) is 10.1. The first kappa shape index (κ1) is 21.4. The number of anilines is 1. The third kappa shape index (κ3) is 4.82. The van der Waals surface area contributed by atoms with Crippen LogP contribution < -0.4 is 10.6 Å². The molecule has 31 heavy (non-hydrogen) atoms. The molecule has 170 valence electrons. The van der Waals surface area contributed by atoms with Gasteiger partial charge >= 0.3 is 0 Å². The molecule has 0 radical (unpaired) electrons. The van der Waals surface area contributed by atoms with E-state index in [-0.39, 0.29) is 17.2 Å². The van der Waals surface area contributed by atoms with Crippen LogP contribution in [0.4, 0.5) is 5.13 Å². The topological polar surface area (TPSA) is 74.3 Å². The molecule has 2 amide bonds. The van der Waals surface area contributed by atoms with E-state index in [1.807, 2.05) is 5.38 Å². The van der Waals surface area contributed by atoms with E-state index in [0.717, 1.165) is 68.3 Å². The standard InChI is InChI=1S/C24H36N4O2S/c1-16-3-2-6-28(13-16)14-20-15-31-23(26-20)27-21(29)4-5-25-22(30)24-10-17-7-18(11-24)9-19(8-17)12-24/h15-19H,2-14H2,1H3,(H,25,30)(H,26,27,29). The average molecular weight is 445 g/mol. The van der Waals surface area contributed by atoms with Crippen LogP contribution in [0.2, 0.25) is 0 Å². The molecular formula is C24H36N4O2S. The van der Waals surface area contributed by atoms with Crippen molar-refractivity contribution in [2.45, 2.75) is 71.3 Å². The van der Waals surface area contributed by atoms with Gasteiger partial charge in [0.15, 0.2) is 5.13 Å². The van der Waals surface area contributed by atoms with Crippen LogP contribution in [0, 0.1) is 29.1 Å². The number of hydrogen-bond donors (Lipinski definition) is 2. The van der Waals surface area contributed by atoms with E-state index >= 15 is 0 Å². The number of hydrogen-bond acceptors (Lipinski definition) is 5. The van der Waals surface area contributed by atoms with Crippen molar-refractivity contribution < 1.29 is 9.59 Å². The molecule has 5 fully saturated rings. The summed E-state index contributed by atoms with van der Waals surface area (Å²) in [7, 11) is 0. The minimum absolute atomic E-state index is 0.0710. The molecule has 7 heteroatoms. The van der Waals surface area contributed by atoms with Gasteiger partial charge in [-0.15, -0.1) is 11.3 Å². The van der Waals surface area contributed by atoms with Crippen molar-refractivity contribution in [1.29, 1.82) is 0 Å². The second kappa shape index (κ2) is 8.81. The first-order chi connectivity index (χ1) is 15.0. The lowest BCUT2D eigenvalue weighted by Gasteiger charge is -2.55. The molecule has 4 bridgehead atoms. The minimum atomic E-state index is -0.138. The Labute approximate surface area is 189 Å². The number of nitrogens with zero attached hydrogens (tertiary/aromatic N) is 2. The Hall–Kier alpha value is -1.47. The maximum atomic E-state index is 13.0. The van der Waals surface area contributed by atoms with Crippen molar-refractivity contribution in [3.05, 3.63) is 11.1 Å². The summed E-state index contributed by atoms with van der Waals surface area (Å²) in [5.74, 6) is 3.15. The van der Waals surface area contributed by atoms with Crippen LogP contribution in [-0.4, -0.2) is 41.3 Å². The van der Waals surface area contributed by atoms with Gasteiger partial charge in [-0.25, -0.2) is 4.98 Å². The maximum absolute atomic E-state index is 13.0. The van der Waals surface area contributed by atoms with Crippen LogP contribution in [0.15, 0.2) is 5.38 Å². The van der Waals surface area contributed by atoms with Gasteiger partial charge in [0.05, 0.1) is 5.69 Å². The van der Waals surface area contributed by atoms with Crippen molar-refractivity contribution in [2.24, 2.45) is 29.1 Å². The molecule has 1 atom stereocenters. The molecule has 2 heterocycles. The molecule has 1 aromatic rings. The number of likely N-dealkylation sites (tertiary alicyclic amines) is 1. The summed E-state index contributed by atoms with van der Waals surface area (Å²) >= 11 is 1.49. The van der Waals surface area contributed by atoms with E-state index in [4.69, 9.17) is 0 Å². The van der Waals surface area contributed by atoms with Crippen molar-refractivity contribution in [3.63, 3.8) is 0 Å². The van der Waals surface area contributed by atoms with Crippen molar-refractivity contribution in [1.82, 2.24) is 15.2 Å². The Morgan fingerprint density at radius 2 is 1.90 bits per heavy atom. The number of rotatable bonds is 7. The number of amides is 2. The van der Waals surface area contributed by atoms with Gasteiger partial charge in [-0.05, 0) is 81.6 Å². The Bertz CT molecular complexity index is 787. The van der Waals surface area contributed by atoms with E-state index in [9.17, 15) is 9.59 Å². The van der Waals surface area contributed by atoms with E-state index in [2.05, 4.69) is 27.4 Å². The minimum Gasteiger partial charge on any atom is -0.355 e. The van der Waals surface area contributed by atoms with Crippen molar-refractivity contribution >= 4 is 28.3 Å². The summed E-state index contributed by atoms with van der Waals surface area (Å²) in [6.45, 7) is 5.84. The molecule has 5 aliphatic rings.